The molecule has 3 N–H and O–H groups in total. The first-order valence-corrected chi connectivity index (χ1v) is 4.31. The summed E-state index contributed by atoms with van der Waals surface area (Å²) in [6.45, 7) is 0. The molecule has 0 amide bonds. The molecule has 0 aliphatic heterocycles. The molecule has 0 aliphatic rings. The van der Waals surface area contributed by atoms with Crippen molar-refractivity contribution >= 4 is 17.0 Å². The molecule has 0 aromatic carbocycles. The highest BCUT2D eigenvalue weighted by molar-refractivity contribution is 5.81. The second-order valence-corrected chi connectivity index (χ2v) is 2.97. The van der Waals surface area contributed by atoms with E-state index in [0.717, 1.165) is 0 Å². The Labute approximate surface area is 84.0 Å². The maximum Gasteiger partial charge on any atom is 0.230 e. The van der Waals surface area contributed by atoms with Crippen molar-refractivity contribution in [2.24, 2.45) is 0 Å². The summed E-state index contributed by atoms with van der Waals surface area (Å²) in [6, 6.07) is 1.81. The Morgan fingerprint density at radius 3 is 3.00 bits per heavy atom. The molecule has 3 aromatic heterocycles. The number of nitrogen functional groups attached to an aromatic ring is 1. The first-order valence-electron chi connectivity index (χ1n) is 4.31. The molecule has 0 saturated heterocycles. The molecule has 3 aromatic rings. The van der Waals surface area contributed by atoms with Crippen LogP contribution in [0.5, 0.6) is 0 Å². The van der Waals surface area contributed by atoms with Gasteiger partial charge in [0, 0.05) is 12.4 Å². The van der Waals surface area contributed by atoms with Crippen LogP contribution in [0.15, 0.2) is 24.8 Å². The number of nitrogens with zero attached hydrogens (tertiary/aromatic N) is 5. The number of nitrogens with two attached hydrogens (primary N) is 1. The third-order valence-electron chi connectivity index (χ3n) is 2.02. The zero-order valence-electron chi connectivity index (χ0n) is 7.62. The molecule has 0 fully saturated rings. The summed E-state index contributed by atoms with van der Waals surface area (Å²) in [5, 5.41) is 4.05. The minimum absolute atomic E-state index is 0.356. The van der Waals surface area contributed by atoms with Crippen LogP contribution in [-0.2, 0) is 0 Å². The summed E-state index contributed by atoms with van der Waals surface area (Å²) in [5.74, 6) is 0.928. The van der Waals surface area contributed by atoms with Crippen molar-refractivity contribution in [2.45, 2.75) is 0 Å². The Morgan fingerprint density at radius 2 is 2.27 bits per heavy atom. The molecule has 74 valence electrons. The van der Waals surface area contributed by atoms with E-state index in [0.29, 0.717) is 22.9 Å². The minimum Gasteiger partial charge on any atom is -0.382 e. The minimum atomic E-state index is 0.356. The van der Waals surface area contributed by atoms with Gasteiger partial charge >= 0.3 is 0 Å². The highest BCUT2D eigenvalue weighted by atomic mass is 15.3. The monoisotopic (exact) mass is 201 g/mol. The predicted octanol–water partition coefficient (Wildman–Crippen LogP) is 0.121. The van der Waals surface area contributed by atoms with Crippen molar-refractivity contribution in [3.63, 3.8) is 0 Å². The average Bonchev–Trinajstić information content (AvgIpc) is 2.86. The summed E-state index contributed by atoms with van der Waals surface area (Å²) in [6.07, 6.45) is 4.84. The van der Waals surface area contributed by atoms with E-state index in [1.165, 1.54) is 6.33 Å². The highest BCUT2D eigenvalue weighted by Gasteiger charge is 2.08. The van der Waals surface area contributed by atoms with Gasteiger partial charge in [0.05, 0.1) is 0 Å². The number of aromatic amines is 1. The molecule has 7 nitrogen and oxygen atoms in total. The Hall–Kier alpha value is -2.44. The van der Waals surface area contributed by atoms with Gasteiger partial charge in [0.25, 0.3) is 0 Å². The molecule has 0 saturated carbocycles. The summed E-state index contributed by atoms with van der Waals surface area (Å²) in [5.41, 5.74) is 6.82. The summed E-state index contributed by atoms with van der Waals surface area (Å²) in [4.78, 5) is 15.1. The topological polar surface area (TPSA) is 98.3 Å². The van der Waals surface area contributed by atoms with Crippen LogP contribution in [0.4, 0.5) is 5.82 Å². The molecule has 3 heterocycles. The summed E-state index contributed by atoms with van der Waals surface area (Å²) >= 11 is 0. The lowest BCUT2D eigenvalue weighted by molar-refractivity contribution is 0.828. The van der Waals surface area contributed by atoms with Gasteiger partial charge in [0.15, 0.2) is 17.0 Å². The molecule has 7 heteroatoms. The third kappa shape index (κ3) is 1.13. The molecule has 0 spiro atoms. The van der Waals surface area contributed by atoms with Crippen LogP contribution in [0, 0.1) is 0 Å². The maximum atomic E-state index is 5.66. The largest absolute Gasteiger partial charge is 0.382 e. The number of imidazole rings is 1. The van der Waals surface area contributed by atoms with E-state index in [1.807, 2.05) is 6.07 Å². The second-order valence-electron chi connectivity index (χ2n) is 2.97. The lowest BCUT2D eigenvalue weighted by atomic mass is 10.5. The zero-order chi connectivity index (χ0) is 10.3. The number of nitrogens with one attached hydrogen (secondary N) is 1. The van der Waals surface area contributed by atoms with Crippen molar-refractivity contribution in [1.82, 2.24) is 29.7 Å². The van der Waals surface area contributed by atoms with Gasteiger partial charge in [-0.3, -0.25) is 0 Å². The van der Waals surface area contributed by atoms with Crippen LogP contribution in [0.1, 0.15) is 0 Å². The number of fused-ring (bicyclic) bond motifs is 1. The SMILES string of the molecule is Nc1ncnc2[nH]c(-n3cccn3)nc12. The van der Waals surface area contributed by atoms with E-state index in [2.05, 4.69) is 25.0 Å². The first-order chi connectivity index (χ1) is 7.34. The van der Waals surface area contributed by atoms with Crippen LogP contribution < -0.4 is 5.73 Å². The highest BCUT2D eigenvalue weighted by Crippen LogP contribution is 2.14. The predicted molar refractivity (Wildman–Crippen MR) is 53.2 cm³/mol. The fourth-order valence-corrected chi connectivity index (χ4v) is 1.34. The Morgan fingerprint density at radius 1 is 1.33 bits per heavy atom. The molecule has 0 aliphatic carbocycles. The van der Waals surface area contributed by atoms with E-state index in [1.54, 1.807) is 17.1 Å². The van der Waals surface area contributed by atoms with Crippen LogP contribution in [0.2, 0.25) is 0 Å². The Bertz CT molecular complexity index is 595. The molecular weight excluding hydrogens is 194 g/mol. The van der Waals surface area contributed by atoms with Crippen molar-refractivity contribution in [2.75, 3.05) is 5.73 Å². The summed E-state index contributed by atoms with van der Waals surface area (Å²) in [7, 11) is 0. The van der Waals surface area contributed by atoms with E-state index in [4.69, 9.17) is 5.73 Å². The van der Waals surface area contributed by atoms with E-state index in [9.17, 15) is 0 Å². The van der Waals surface area contributed by atoms with Gasteiger partial charge in [-0.05, 0) is 6.07 Å². The van der Waals surface area contributed by atoms with E-state index in [-0.39, 0.29) is 0 Å². The van der Waals surface area contributed by atoms with Gasteiger partial charge in [0.2, 0.25) is 5.95 Å². The van der Waals surface area contributed by atoms with Gasteiger partial charge in [0.1, 0.15) is 6.33 Å². The number of hydrogen-bond acceptors (Lipinski definition) is 5. The van der Waals surface area contributed by atoms with Crippen molar-refractivity contribution in [3.8, 4) is 5.95 Å². The van der Waals surface area contributed by atoms with Crippen molar-refractivity contribution < 1.29 is 0 Å². The van der Waals surface area contributed by atoms with E-state index < -0.39 is 0 Å². The smallest absolute Gasteiger partial charge is 0.230 e. The third-order valence-corrected chi connectivity index (χ3v) is 2.02. The average molecular weight is 201 g/mol. The Kier molecular flexibility index (Phi) is 1.46. The van der Waals surface area contributed by atoms with Crippen LogP contribution in [-0.4, -0.2) is 29.7 Å². The molecule has 15 heavy (non-hydrogen) atoms. The second kappa shape index (κ2) is 2.77. The van der Waals surface area contributed by atoms with Crippen molar-refractivity contribution in [3.05, 3.63) is 24.8 Å². The standard InChI is InChI=1S/C8H7N7/c9-6-5-7(11-4-10-6)14-8(13-5)15-3-1-2-12-15/h1-4H,(H3,9,10,11,13,14). The number of aromatic nitrogens is 6. The lowest BCUT2D eigenvalue weighted by Gasteiger charge is -1.91. The molecule has 3 rings (SSSR count). The normalized spacial score (nSPS) is 10.9. The quantitative estimate of drug-likeness (QED) is 0.582. The Balaban J connectivity index is 2.27. The number of rotatable bonds is 1. The molecule has 0 unspecified atom stereocenters. The van der Waals surface area contributed by atoms with Gasteiger partial charge in [-0.25, -0.2) is 19.6 Å². The number of H-pyrrole nitrogens is 1. The van der Waals surface area contributed by atoms with Gasteiger partial charge in [-0.15, -0.1) is 0 Å². The molecule has 0 radical (unpaired) electrons. The van der Waals surface area contributed by atoms with Gasteiger partial charge < -0.3 is 10.7 Å². The van der Waals surface area contributed by atoms with E-state index >= 15 is 0 Å². The fourth-order valence-electron chi connectivity index (χ4n) is 1.34. The van der Waals surface area contributed by atoms with Crippen LogP contribution in [0.25, 0.3) is 17.1 Å². The molecule has 0 bridgehead atoms. The maximum absolute atomic E-state index is 5.66. The number of anilines is 1. The van der Waals surface area contributed by atoms with Gasteiger partial charge in [-0.1, -0.05) is 0 Å². The molecular formula is C8H7N7. The lowest BCUT2D eigenvalue weighted by Crippen LogP contribution is -1.96. The first kappa shape index (κ1) is 7.92. The van der Waals surface area contributed by atoms with Crippen LogP contribution >= 0.6 is 0 Å². The fraction of sp³-hybridized carbons (Fsp3) is 0. The van der Waals surface area contributed by atoms with Gasteiger partial charge in [-0.2, -0.15) is 5.10 Å². The van der Waals surface area contributed by atoms with Crippen molar-refractivity contribution in [1.29, 1.82) is 0 Å². The zero-order valence-corrected chi connectivity index (χ0v) is 7.62. The molecule has 0 atom stereocenters. The summed E-state index contributed by atoms with van der Waals surface area (Å²) < 4.78 is 1.60. The number of hydrogen-bond donors (Lipinski definition) is 2. The van der Waals surface area contributed by atoms with Crippen LogP contribution in [0.3, 0.4) is 0 Å².